The van der Waals surface area contributed by atoms with Crippen LogP contribution in [0.3, 0.4) is 0 Å². The van der Waals surface area contributed by atoms with E-state index in [2.05, 4.69) is 26.1 Å². The van der Waals surface area contributed by atoms with Crippen molar-refractivity contribution in [1.82, 2.24) is 5.32 Å². The maximum Gasteiger partial charge on any atom is 0.407 e. The number of rotatable bonds is 7. The number of amides is 1. The third kappa shape index (κ3) is 19.2. The molecule has 0 aromatic carbocycles. The van der Waals surface area contributed by atoms with E-state index in [1.165, 1.54) is 0 Å². The van der Waals surface area contributed by atoms with Gasteiger partial charge in [0.2, 0.25) is 0 Å². The van der Waals surface area contributed by atoms with Crippen molar-refractivity contribution in [2.45, 2.75) is 79.9 Å². The number of carbonyl (C=O) groups is 1. The first kappa shape index (κ1) is 23.5. The van der Waals surface area contributed by atoms with Gasteiger partial charge in [-0.15, -0.1) is 0 Å². The number of nitrogens with one attached hydrogen (secondary N) is 1. The first-order chi connectivity index (χ1) is 9.93. The highest BCUT2D eigenvalue weighted by Gasteiger charge is 2.21. The molecule has 0 aliphatic heterocycles. The summed E-state index contributed by atoms with van der Waals surface area (Å²) in [5.74, 6) is 0. The van der Waals surface area contributed by atoms with E-state index in [1.54, 1.807) is 0 Å². The molecule has 134 valence electrons. The summed E-state index contributed by atoms with van der Waals surface area (Å²) in [4.78, 5) is 11.5. The van der Waals surface area contributed by atoms with Crippen molar-refractivity contribution in [3.63, 3.8) is 0 Å². The summed E-state index contributed by atoms with van der Waals surface area (Å²) in [6.45, 7) is 18.0. The summed E-state index contributed by atoms with van der Waals surface area (Å²) in [6, 6.07) is 0. The Kier molecular flexibility index (Phi) is 12.5. The first-order valence-corrected chi connectivity index (χ1v) is 8.22. The van der Waals surface area contributed by atoms with E-state index in [0.717, 1.165) is 19.4 Å². The minimum absolute atomic E-state index is 0.00575. The van der Waals surface area contributed by atoms with Crippen LogP contribution in [0.15, 0.2) is 0 Å². The van der Waals surface area contributed by atoms with Crippen LogP contribution in [0.1, 0.15) is 68.2 Å². The molecule has 1 amide bonds. The van der Waals surface area contributed by atoms with Gasteiger partial charge < -0.3 is 20.5 Å². The predicted molar refractivity (Wildman–Crippen MR) is 93.1 cm³/mol. The van der Waals surface area contributed by atoms with E-state index in [1.807, 2.05) is 34.6 Å². The van der Waals surface area contributed by atoms with E-state index in [9.17, 15) is 4.79 Å². The SMILES string of the molecule is CC(C)OCCC(C)(C)CNC(=O)OC(C)(C)C.CCCN. The van der Waals surface area contributed by atoms with Gasteiger partial charge >= 0.3 is 6.09 Å². The number of ether oxygens (including phenoxy) is 2. The highest BCUT2D eigenvalue weighted by Crippen LogP contribution is 2.19. The molecule has 0 atom stereocenters. The van der Waals surface area contributed by atoms with Gasteiger partial charge in [0.15, 0.2) is 0 Å². The minimum atomic E-state index is -0.449. The fourth-order valence-electron chi connectivity index (χ4n) is 1.28. The second-order valence-corrected chi connectivity index (χ2v) is 7.48. The van der Waals surface area contributed by atoms with Gasteiger partial charge in [-0.05, 0) is 59.4 Å². The van der Waals surface area contributed by atoms with Crippen LogP contribution in [-0.4, -0.2) is 37.5 Å². The van der Waals surface area contributed by atoms with Gasteiger partial charge in [0.1, 0.15) is 5.60 Å². The molecule has 0 fully saturated rings. The molecule has 0 saturated heterocycles. The Labute approximate surface area is 137 Å². The van der Waals surface area contributed by atoms with Gasteiger partial charge in [-0.25, -0.2) is 4.79 Å². The molecule has 0 aliphatic rings. The largest absolute Gasteiger partial charge is 0.444 e. The smallest absolute Gasteiger partial charge is 0.407 e. The van der Waals surface area contributed by atoms with E-state index < -0.39 is 5.60 Å². The van der Waals surface area contributed by atoms with Gasteiger partial charge in [0, 0.05) is 13.2 Å². The van der Waals surface area contributed by atoms with Crippen LogP contribution in [0.5, 0.6) is 0 Å². The van der Waals surface area contributed by atoms with Crippen molar-refractivity contribution >= 4 is 6.09 Å². The Bertz CT molecular complexity index is 282. The average molecular weight is 319 g/mol. The second-order valence-electron chi connectivity index (χ2n) is 7.48. The lowest BCUT2D eigenvalue weighted by molar-refractivity contribution is 0.0438. The third-order valence-corrected chi connectivity index (χ3v) is 2.63. The standard InChI is InChI=1S/C14H29NO3.C3H9N/c1-11(2)17-9-8-14(6,7)10-15-12(16)18-13(3,4)5;1-2-3-4/h11H,8-10H2,1-7H3,(H,15,16);2-4H2,1H3. The van der Waals surface area contributed by atoms with E-state index in [-0.39, 0.29) is 17.6 Å². The monoisotopic (exact) mass is 318 g/mol. The number of carbonyl (C=O) groups excluding carboxylic acids is 1. The van der Waals surface area contributed by atoms with Gasteiger partial charge in [0.05, 0.1) is 6.10 Å². The molecular formula is C17H38N2O3. The molecule has 0 aliphatic carbocycles. The van der Waals surface area contributed by atoms with Gasteiger partial charge in [-0.3, -0.25) is 0 Å². The third-order valence-electron chi connectivity index (χ3n) is 2.63. The number of nitrogens with two attached hydrogens (primary N) is 1. The van der Waals surface area contributed by atoms with E-state index in [4.69, 9.17) is 15.2 Å². The molecule has 0 heterocycles. The maximum atomic E-state index is 11.5. The molecule has 0 aromatic rings. The molecule has 5 nitrogen and oxygen atoms in total. The van der Waals surface area contributed by atoms with Crippen LogP contribution < -0.4 is 11.1 Å². The van der Waals surface area contributed by atoms with E-state index >= 15 is 0 Å². The lowest BCUT2D eigenvalue weighted by Gasteiger charge is -2.26. The van der Waals surface area contributed by atoms with Crippen molar-refractivity contribution < 1.29 is 14.3 Å². The molecule has 0 aromatic heterocycles. The van der Waals surface area contributed by atoms with Gasteiger partial charge in [-0.1, -0.05) is 20.8 Å². The molecular weight excluding hydrogens is 280 g/mol. The Morgan fingerprint density at radius 3 is 2.05 bits per heavy atom. The summed E-state index contributed by atoms with van der Waals surface area (Å²) in [5.41, 5.74) is 4.58. The maximum absolute atomic E-state index is 11.5. The zero-order valence-electron chi connectivity index (χ0n) is 15.9. The Balaban J connectivity index is 0. The van der Waals surface area contributed by atoms with Crippen molar-refractivity contribution in [2.75, 3.05) is 19.7 Å². The van der Waals surface area contributed by atoms with Crippen LogP contribution in [0.4, 0.5) is 4.79 Å². The Morgan fingerprint density at radius 2 is 1.68 bits per heavy atom. The lowest BCUT2D eigenvalue weighted by atomic mass is 9.90. The van der Waals surface area contributed by atoms with Crippen molar-refractivity contribution in [1.29, 1.82) is 0 Å². The van der Waals surface area contributed by atoms with Gasteiger partial charge in [-0.2, -0.15) is 0 Å². The molecule has 0 spiro atoms. The first-order valence-electron chi connectivity index (χ1n) is 8.22. The molecule has 5 heteroatoms. The quantitative estimate of drug-likeness (QED) is 0.750. The summed E-state index contributed by atoms with van der Waals surface area (Å²) in [7, 11) is 0. The van der Waals surface area contributed by atoms with E-state index in [0.29, 0.717) is 13.2 Å². The molecule has 0 bridgehead atoms. The van der Waals surface area contributed by atoms with Crippen molar-refractivity contribution in [3.8, 4) is 0 Å². The molecule has 0 unspecified atom stereocenters. The van der Waals surface area contributed by atoms with Crippen LogP contribution in [-0.2, 0) is 9.47 Å². The second kappa shape index (κ2) is 11.7. The summed E-state index contributed by atoms with van der Waals surface area (Å²) in [6.07, 6.45) is 1.89. The Morgan fingerprint density at radius 1 is 1.18 bits per heavy atom. The molecule has 3 N–H and O–H groups in total. The highest BCUT2D eigenvalue weighted by atomic mass is 16.6. The van der Waals surface area contributed by atoms with Crippen LogP contribution in [0.2, 0.25) is 0 Å². The summed E-state index contributed by atoms with van der Waals surface area (Å²) in [5, 5.41) is 2.80. The van der Waals surface area contributed by atoms with Crippen molar-refractivity contribution in [3.05, 3.63) is 0 Å². The Hall–Kier alpha value is -0.810. The zero-order valence-corrected chi connectivity index (χ0v) is 15.9. The topological polar surface area (TPSA) is 73.6 Å². The predicted octanol–water partition coefficient (Wildman–Crippen LogP) is 3.71. The lowest BCUT2D eigenvalue weighted by Crippen LogP contribution is -2.38. The molecule has 0 radical (unpaired) electrons. The van der Waals surface area contributed by atoms with Crippen molar-refractivity contribution in [2.24, 2.45) is 11.1 Å². The summed E-state index contributed by atoms with van der Waals surface area (Å²) >= 11 is 0. The average Bonchev–Trinajstić information content (AvgIpc) is 2.34. The van der Waals surface area contributed by atoms with Crippen LogP contribution in [0.25, 0.3) is 0 Å². The molecule has 0 rings (SSSR count). The molecule has 22 heavy (non-hydrogen) atoms. The zero-order chi connectivity index (χ0) is 17.8. The molecule has 0 saturated carbocycles. The van der Waals surface area contributed by atoms with Crippen LogP contribution in [0, 0.1) is 5.41 Å². The minimum Gasteiger partial charge on any atom is -0.444 e. The van der Waals surface area contributed by atoms with Crippen LogP contribution >= 0.6 is 0 Å². The highest BCUT2D eigenvalue weighted by molar-refractivity contribution is 5.67. The number of hydrogen-bond donors (Lipinski definition) is 2. The fourth-order valence-corrected chi connectivity index (χ4v) is 1.28. The normalized spacial score (nSPS) is 11.7. The van der Waals surface area contributed by atoms with Gasteiger partial charge in [0.25, 0.3) is 0 Å². The number of alkyl carbamates (subject to hydrolysis) is 1. The number of hydrogen-bond acceptors (Lipinski definition) is 4. The summed E-state index contributed by atoms with van der Waals surface area (Å²) < 4.78 is 10.7. The fraction of sp³-hybridized carbons (Fsp3) is 0.941.